The number of carbonyl (C=O) groups is 2. The van der Waals surface area contributed by atoms with Gasteiger partial charge < -0.3 is 4.74 Å². The van der Waals surface area contributed by atoms with Crippen molar-refractivity contribution in [1.82, 2.24) is 0 Å². The molecule has 0 aliphatic rings. The lowest BCUT2D eigenvalue weighted by molar-refractivity contribution is -0.134. The fraction of sp³-hybridized carbons (Fsp3) is 0.500. The second-order valence-electron chi connectivity index (χ2n) is 4.68. The van der Waals surface area contributed by atoms with E-state index in [4.69, 9.17) is 4.74 Å². The van der Waals surface area contributed by atoms with E-state index >= 15 is 0 Å². The molecule has 3 nitrogen and oxygen atoms in total. The normalized spacial score (nSPS) is 10.2. The molecule has 0 N–H and O–H groups in total. The number of aldehydes is 1. The summed E-state index contributed by atoms with van der Waals surface area (Å²) in [4.78, 5) is 22.0. The van der Waals surface area contributed by atoms with Crippen LogP contribution in [0.15, 0.2) is 24.3 Å². The van der Waals surface area contributed by atoms with Crippen LogP contribution in [-0.4, -0.2) is 12.3 Å². The van der Waals surface area contributed by atoms with E-state index in [2.05, 4.69) is 6.92 Å². The predicted octanol–water partition coefficient (Wildman–Crippen LogP) is 4.16. The minimum atomic E-state index is -0.200. The first-order valence-corrected chi connectivity index (χ1v) is 7.02. The van der Waals surface area contributed by atoms with E-state index in [9.17, 15) is 9.59 Å². The summed E-state index contributed by atoms with van der Waals surface area (Å²) >= 11 is 0. The molecule has 1 rings (SSSR count). The molecule has 0 amide bonds. The Bertz CT molecular complexity index is 381. The van der Waals surface area contributed by atoms with Crippen molar-refractivity contribution in [3.05, 3.63) is 29.8 Å². The van der Waals surface area contributed by atoms with Crippen molar-refractivity contribution in [2.75, 3.05) is 0 Å². The van der Waals surface area contributed by atoms with Gasteiger partial charge in [0.1, 0.15) is 12.0 Å². The average Bonchev–Trinajstić information content (AvgIpc) is 2.43. The summed E-state index contributed by atoms with van der Waals surface area (Å²) in [6.07, 6.45) is 8.14. The van der Waals surface area contributed by atoms with Crippen LogP contribution in [0.25, 0.3) is 0 Å². The lowest BCUT2D eigenvalue weighted by atomic mass is 10.1. The largest absolute Gasteiger partial charge is 0.427 e. The van der Waals surface area contributed by atoms with Crippen LogP contribution in [0.5, 0.6) is 5.75 Å². The van der Waals surface area contributed by atoms with Crippen LogP contribution in [0.1, 0.15) is 62.2 Å². The lowest BCUT2D eigenvalue weighted by Crippen LogP contribution is -2.07. The van der Waals surface area contributed by atoms with Crippen molar-refractivity contribution < 1.29 is 14.3 Å². The Kier molecular flexibility index (Phi) is 7.56. The zero-order valence-electron chi connectivity index (χ0n) is 11.6. The maximum Gasteiger partial charge on any atom is 0.311 e. The van der Waals surface area contributed by atoms with E-state index in [1.807, 2.05) is 0 Å². The van der Waals surface area contributed by atoms with E-state index in [0.29, 0.717) is 17.7 Å². The third-order valence-corrected chi connectivity index (χ3v) is 2.98. The van der Waals surface area contributed by atoms with Crippen LogP contribution >= 0.6 is 0 Å². The van der Waals surface area contributed by atoms with E-state index in [1.165, 1.54) is 25.7 Å². The van der Waals surface area contributed by atoms with E-state index < -0.39 is 0 Å². The van der Waals surface area contributed by atoms with Gasteiger partial charge in [-0.2, -0.15) is 0 Å². The molecule has 0 aromatic heterocycles. The molecule has 0 aliphatic carbocycles. The Morgan fingerprint density at radius 2 is 1.68 bits per heavy atom. The van der Waals surface area contributed by atoms with Crippen LogP contribution in [0.3, 0.4) is 0 Å². The van der Waals surface area contributed by atoms with Crippen LogP contribution in [0, 0.1) is 0 Å². The number of carbonyl (C=O) groups excluding carboxylic acids is 2. The topological polar surface area (TPSA) is 43.4 Å². The van der Waals surface area contributed by atoms with Gasteiger partial charge in [-0.3, -0.25) is 9.59 Å². The first-order valence-electron chi connectivity index (χ1n) is 7.02. The van der Waals surface area contributed by atoms with Gasteiger partial charge in [-0.15, -0.1) is 0 Å². The summed E-state index contributed by atoms with van der Waals surface area (Å²) in [6, 6.07) is 6.56. The molecule has 1 aromatic carbocycles. The zero-order chi connectivity index (χ0) is 13.9. The quantitative estimate of drug-likeness (QED) is 0.290. The summed E-state index contributed by atoms with van der Waals surface area (Å²) in [5.74, 6) is 0.302. The Labute approximate surface area is 115 Å². The molecule has 0 atom stereocenters. The van der Waals surface area contributed by atoms with Crippen molar-refractivity contribution in [2.24, 2.45) is 0 Å². The minimum absolute atomic E-state index is 0.200. The number of ether oxygens (including phenoxy) is 1. The summed E-state index contributed by atoms with van der Waals surface area (Å²) in [5.41, 5.74) is 0.579. The van der Waals surface area contributed by atoms with Gasteiger partial charge in [0.2, 0.25) is 0 Å². The van der Waals surface area contributed by atoms with E-state index in [1.54, 1.807) is 24.3 Å². The Morgan fingerprint density at radius 3 is 2.32 bits per heavy atom. The van der Waals surface area contributed by atoms with Gasteiger partial charge in [0, 0.05) is 12.0 Å². The molecular weight excluding hydrogens is 240 g/mol. The standard InChI is InChI=1S/C16H22O3/c1-2-3-4-5-6-7-8-16(18)19-15-11-9-14(13-17)10-12-15/h9-13H,2-8H2,1H3. The molecule has 3 heteroatoms. The fourth-order valence-corrected chi connectivity index (χ4v) is 1.85. The molecule has 0 unspecified atom stereocenters. The van der Waals surface area contributed by atoms with Crippen molar-refractivity contribution >= 4 is 12.3 Å². The molecular formula is C16H22O3. The van der Waals surface area contributed by atoms with Gasteiger partial charge in [0.05, 0.1) is 0 Å². The third kappa shape index (κ3) is 6.75. The molecule has 0 spiro atoms. The number of esters is 1. The molecule has 0 heterocycles. The fourth-order valence-electron chi connectivity index (χ4n) is 1.85. The molecule has 104 valence electrons. The second kappa shape index (κ2) is 9.31. The molecule has 0 radical (unpaired) electrons. The molecule has 0 saturated heterocycles. The first kappa shape index (κ1) is 15.4. The third-order valence-electron chi connectivity index (χ3n) is 2.98. The zero-order valence-corrected chi connectivity index (χ0v) is 11.6. The van der Waals surface area contributed by atoms with Gasteiger partial charge in [-0.25, -0.2) is 0 Å². The molecule has 0 aliphatic heterocycles. The van der Waals surface area contributed by atoms with E-state index in [-0.39, 0.29) is 5.97 Å². The smallest absolute Gasteiger partial charge is 0.311 e. The van der Waals surface area contributed by atoms with Crippen LogP contribution in [0.4, 0.5) is 0 Å². The van der Waals surface area contributed by atoms with Gasteiger partial charge >= 0.3 is 5.97 Å². The predicted molar refractivity (Wildman–Crippen MR) is 75.5 cm³/mol. The molecule has 1 aromatic rings. The van der Waals surface area contributed by atoms with Crippen molar-refractivity contribution in [3.8, 4) is 5.75 Å². The minimum Gasteiger partial charge on any atom is -0.427 e. The van der Waals surface area contributed by atoms with Crippen molar-refractivity contribution in [1.29, 1.82) is 0 Å². The van der Waals surface area contributed by atoms with Gasteiger partial charge in [-0.1, -0.05) is 39.0 Å². The van der Waals surface area contributed by atoms with Crippen LogP contribution in [-0.2, 0) is 4.79 Å². The highest BCUT2D eigenvalue weighted by Gasteiger charge is 2.04. The van der Waals surface area contributed by atoms with E-state index in [0.717, 1.165) is 19.1 Å². The number of unbranched alkanes of at least 4 members (excludes halogenated alkanes) is 5. The number of rotatable bonds is 9. The molecule has 0 fully saturated rings. The van der Waals surface area contributed by atoms with Gasteiger partial charge in [0.15, 0.2) is 0 Å². The van der Waals surface area contributed by atoms with Crippen molar-refractivity contribution in [2.45, 2.75) is 51.9 Å². The summed E-state index contributed by atoms with van der Waals surface area (Å²) in [5, 5.41) is 0. The van der Waals surface area contributed by atoms with Crippen molar-refractivity contribution in [3.63, 3.8) is 0 Å². The monoisotopic (exact) mass is 262 g/mol. The average molecular weight is 262 g/mol. The maximum absolute atomic E-state index is 11.6. The van der Waals surface area contributed by atoms with Crippen LogP contribution in [0.2, 0.25) is 0 Å². The second-order valence-corrected chi connectivity index (χ2v) is 4.68. The Hall–Kier alpha value is -1.64. The summed E-state index contributed by atoms with van der Waals surface area (Å²) in [6.45, 7) is 2.19. The Balaban J connectivity index is 2.17. The Morgan fingerprint density at radius 1 is 1.05 bits per heavy atom. The number of hydrogen-bond donors (Lipinski definition) is 0. The van der Waals surface area contributed by atoms with Crippen LogP contribution < -0.4 is 4.74 Å². The number of hydrogen-bond acceptors (Lipinski definition) is 3. The first-order chi connectivity index (χ1) is 9.26. The SMILES string of the molecule is CCCCCCCCC(=O)Oc1ccc(C=O)cc1. The highest BCUT2D eigenvalue weighted by atomic mass is 16.5. The van der Waals surface area contributed by atoms with Gasteiger partial charge in [-0.05, 0) is 30.7 Å². The lowest BCUT2D eigenvalue weighted by Gasteiger charge is -2.04. The summed E-state index contributed by atoms with van der Waals surface area (Å²) in [7, 11) is 0. The molecule has 0 saturated carbocycles. The molecule has 0 bridgehead atoms. The van der Waals surface area contributed by atoms with Gasteiger partial charge in [0.25, 0.3) is 0 Å². The maximum atomic E-state index is 11.6. The number of benzene rings is 1. The summed E-state index contributed by atoms with van der Waals surface area (Å²) < 4.78 is 5.19. The highest BCUT2D eigenvalue weighted by molar-refractivity contribution is 5.76. The molecule has 19 heavy (non-hydrogen) atoms. The highest BCUT2D eigenvalue weighted by Crippen LogP contribution is 2.13.